The number of nitrogens with zero attached hydrogens (tertiary/aromatic N) is 3. The lowest BCUT2D eigenvalue weighted by Crippen LogP contribution is -2.34. The summed E-state index contributed by atoms with van der Waals surface area (Å²) in [4.78, 5) is 31.6. The minimum Gasteiger partial charge on any atom is -0.467 e. The standard InChI is InChI=1S/C20H21N3O3/c1-22-13-21-16-12-14(8-9-15(16)20(22)25)19(24)23-10-4-2-3-6-17(23)18-7-5-11-26-18/h5,7-9,11-13,17H,2-4,6,10H2,1H3/t17-/m1/s1. The van der Waals surface area contributed by atoms with Crippen LogP contribution < -0.4 is 5.56 Å². The number of furan rings is 1. The molecule has 1 amide bonds. The fourth-order valence-electron chi connectivity index (χ4n) is 3.64. The van der Waals surface area contributed by atoms with E-state index in [-0.39, 0.29) is 17.5 Å². The van der Waals surface area contributed by atoms with E-state index in [9.17, 15) is 9.59 Å². The zero-order valence-electron chi connectivity index (χ0n) is 14.7. The number of aromatic nitrogens is 2. The first-order chi connectivity index (χ1) is 12.6. The SMILES string of the molecule is Cn1cnc2cc(C(=O)N3CCCCC[C@@H]3c3ccco3)ccc2c1=O. The molecule has 0 saturated carbocycles. The number of carbonyl (C=O) groups excluding carboxylic acids is 1. The van der Waals surface area contributed by atoms with Gasteiger partial charge in [-0.3, -0.25) is 9.59 Å². The van der Waals surface area contributed by atoms with Crippen molar-refractivity contribution in [2.75, 3.05) is 6.54 Å². The van der Waals surface area contributed by atoms with Crippen molar-refractivity contribution in [2.45, 2.75) is 31.7 Å². The first-order valence-electron chi connectivity index (χ1n) is 8.95. The fraction of sp³-hybridized carbons (Fsp3) is 0.350. The van der Waals surface area contributed by atoms with Crippen LogP contribution in [0.2, 0.25) is 0 Å². The first-order valence-corrected chi connectivity index (χ1v) is 8.95. The van der Waals surface area contributed by atoms with Crippen molar-refractivity contribution >= 4 is 16.8 Å². The molecule has 6 nitrogen and oxygen atoms in total. The number of carbonyl (C=O) groups is 1. The second-order valence-corrected chi connectivity index (χ2v) is 6.77. The zero-order chi connectivity index (χ0) is 18.1. The molecule has 1 aliphatic heterocycles. The number of hydrogen-bond acceptors (Lipinski definition) is 4. The summed E-state index contributed by atoms with van der Waals surface area (Å²) >= 11 is 0. The summed E-state index contributed by atoms with van der Waals surface area (Å²) in [5.74, 6) is 0.783. The molecular weight excluding hydrogens is 330 g/mol. The van der Waals surface area contributed by atoms with Gasteiger partial charge in [0.25, 0.3) is 11.5 Å². The smallest absolute Gasteiger partial charge is 0.260 e. The van der Waals surface area contributed by atoms with Gasteiger partial charge in [0.1, 0.15) is 5.76 Å². The number of hydrogen-bond donors (Lipinski definition) is 0. The molecule has 3 heterocycles. The molecule has 3 aromatic rings. The minimum atomic E-state index is -0.114. The second-order valence-electron chi connectivity index (χ2n) is 6.77. The summed E-state index contributed by atoms with van der Waals surface area (Å²) in [6.45, 7) is 0.701. The number of rotatable bonds is 2. The van der Waals surface area contributed by atoms with Gasteiger partial charge in [0, 0.05) is 19.2 Å². The van der Waals surface area contributed by atoms with Gasteiger partial charge in [-0.05, 0) is 43.2 Å². The Kier molecular flexibility index (Phi) is 4.32. The van der Waals surface area contributed by atoms with E-state index in [2.05, 4.69) is 4.98 Å². The zero-order valence-corrected chi connectivity index (χ0v) is 14.7. The van der Waals surface area contributed by atoms with Gasteiger partial charge in [0.05, 0.1) is 29.5 Å². The van der Waals surface area contributed by atoms with E-state index in [0.717, 1.165) is 31.4 Å². The Morgan fingerprint density at radius 3 is 2.92 bits per heavy atom. The fourth-order valence-corrected chi connectivity index (χ4v) is 3.64. The Morgan fingerprint density at radius 2 is 2.12 bits per heavy atom. The highest BCUT2D eigenvalue weighted by Crippen LogP contribution is 2.31. The third-order valence-electron chi connectivity index (χ3n) is 5.05. The summed E-state index contributed by atoms with van der Waals surface area (Å²) < 4.78 is 7.03. The van der Waals surface area contributed by atoms with Crippen molar-refractivity contribution in [1.82, 2.24) is 14.5 Å². The Morgan fingerprint density at radius 1 is 1.23 bits per heavy atom. The molecule has 4 rings (SSSR count). The Hall–Kier alpha value is -2.89. The molecule has 1 aliphatic rings. The van der Waals surface area contributed by atoms with Gasteiger partial charge in [0.15, 0.2) is 0 Å². The number of aryl methyl sites for hydroxylation is 1. The molecule has 6 heteroatoms. The average Bonchev–Trinajstić information content (AvgIpc) is 3.08. The molecule has 0 N–H and O–H groups in total. The lowest BCUT2D eigenvalue weighted by atomic mass is 10.1. The van der Waals surface area contributed by atoms with Gasteiger partial charge in [-0.15, -0.1) is 0 Å². The number of amides is 1. The highest BCUT2D eigenvalue weighted by Gasteiger charge is 2.29. The van der Waals surface area contributed by atoms with Crippen LogP contribution >= 0.6 is 0 Å². The van der Waals surface area contributed by atoms with E-state index in [1.807, 2.05) is 17.0 Å². The van der Waals surface area contributed by atoms with Crippen molar-refractivity contribution in [3.63, 3.8) is 0 Å². The molecule has 0 bridgehead atoms. The lowest BCUT2D eigenvalue weighted by molar-refractivity contribution is 0.0658. The summed E-state index contributed by atoms with van der Waals surface area (Å²) in [5.41, 5.74) is 0.984. The van der Waals surface area contributed by atoms with Crippen LogP contribution in [0.5, 0.6) is 0 Å². The minimum absolute atomic E-state index is 0.0438. The molecule has 2 aromatic heterocycles. The predicted octanol–water partition coefficient (Wildman–Crippen LogP) is 3.28. The summed E-state index contributed by atoms with van der Waals surface area (Å²) in [5, 5.41) is 0.519. The van der Waals surface area contributed by atoms with Crippen LogP contribution in [-0.4, -0.2) is 26.9 Å². The topological polar surface area (TPSA) is 68.3 Å². The van der Waals surface area contributed by atoms with Crippen molar-refractivity contribution in [1.29, 1.82) is 0 Å². The van der Waals surface area contributed by atoms with Crippen LogP contribution in [0.4, 0.5) is 0 Å². The van der Waals surface area contributed by atoms with Gasteiger partial charge in [0.2, 0.25) is 0 Å². The Labute approximate surface area is 151 Å². The van der Waals surface area contributed by atoms with Gasteiger partial charge >= 0.3 is 0 Å². The Bertz CT molecular complexity index is 991. The maximum absolute atomic E-state index is 13.2. The predicted molar refractivity (Wildman–Crippen MR) is 97.9 cm³/mol. The van der Waals surface area contributed by atoms with E-state index < -0.39 is 0 Å². The van der Waals surface area contributed by atoms with Gasteiger partial charge in [-0.25, -0.2) is 4.98 Å². The van der Waals surface area contributed by atoms with Crippen molar-refractivity contribution < 1.29 is 9.21 Å². The van der Waals surface area contributed by atoms with Crippen LogP contribution in [0.25, 0.3) is 10.9 Å². The van der Waals surface area contributed by atoms with Crippen LogP contribution in [0.3, 0.4) is 0 Å². The molecule has 1 atom stereocenters. The number of benzene rings is 1. The largest absolute Gasteiger partial charge is 0.467 e. The monoisotopic (exact) mass is 351 g/mol. The molecule has 0 radical (unpaired) electrons. The van der Waals surface area contributed by atoms with E-state index in [1.54, 1.807) is 31.5 Å². The molecule has 26 heavy (non-hydrogen) atoms. The molecule has 1 saturated heterocycles. The van der Waals surface area contributed by atoms with Crippen LogP contribution in [-0.2, 0) is 7.05 Å². The molecule has 1 aromatic carbocycles. The van der Waals surface area contributed by atoms with E-state index >= 15 is 0 Å². The lowest BCUT2D eigenvalue weighted by Gasteiger charge is -2.28. The Balaban J connectivity index is 1.72. The van der Waals surface area contributed by atoms with Crippen molar-refractivity contribution in [2.24, 2.45) is 7.05 Å². The molecule has 1 fully saturated rings. The maximum atomic E-state index is 13.2. The van der Waals surface area contributed by atoms with Gasteiger partial charge in [-0.2, -0.15) is 0 Å². The molecular formula is C20H21N3O3. The summed E-state index contributed by atoms with van der Waals surface area (Å²) in [7, 11) is 1.67. The molecule has 134 valence electrons. The average molecular weight is 351 g/mol. The maximum Gasteiger partial charge on any atom is 0.260 e. The van der Waals surface area contributed by atoms with E-state index in [4.69, 9.17) is 4.42 Å². The highest BCUT2D eigenvalue weighted by atomic mass is 16.3. The van der Waals surface area contributed by atoms with Crippen LogP contribution in [0.15, 0.2) is 52.1 Å². The van der Waals surface area contributed by atoms with Crippen molar-refractivity contribution in [3.8, 4) is 0 Å². The molecule has 0 spiro atoms. The van der Waals surface area contributed by atoms with Gasteiger partial charge < -0.3 is 13.9 Å². The normalized spacial score (nSPS) is 18.0. The second kappa shape index (κ2) is 6.78. The quantitative estimate of drug-likeness (QED) is 0.710. The van der Waals surface area contributed by atoms with Crippen LogP contribution in [0, 0.1) is 0 Å². The van der Waals surface area contributed by atoms with Crippen molar-refractivity contribution in [3.05, 3.63) is 64.6 Å². The van der Waals surface area contributed by atoms with E-state index in [1.165, 1.54) is 10.9 Å². The summed E-state index contributed by atoms with van der Waals surface area (Å²) in [6, 6.07) is 8.87. The van der Waals surface area contributed by atoms with Crippen LogP contribution in [0.1, 0.15) is 47.8 Å². The number of fused-ring (bicyclic) bond motifs is 1. The van der Waals surface area contributed by atoms with E-state index in [0.29, 0.717) is 23.0 Å². The molecule has 0 unspecified atom stereocenters. The third-order valence-corrected chi connectivity index (χ3v) is 5.05. The van der Waals surface area contributed by atoms with Gasteiger partial charge in [-0.1, -0.05) is 12.8 Å². The first kappa shape index (κ1) is 16.6. The molecule has 0 aliphatic carbocycles. The summed E-state index contributed by atoms with van der Waals surface area (Å²) in [6.07, 6.45) is 7.19. The number of likely N-dealkylation sites (tertiary alicyclic amines) is 1. The highest BCUT2D eigenvalue weighted by molar-refractivity contribution is 5.97. The third kappa shape index (κ3) is 2.92.